The van der Waals surface area contributed by atoms with Gasteiger partial charge in [0.15, 0.2) is 0 Å². The lowest BCUT2D eigenvalue weighted by Gasteiger charge is -2.19. The summed E-state index contributed by atoms with van der Waals surface area (Å²) in [5.74, 6) is 0.657. The van der Waals surface area contributed by atoms with Crippen molar-refractivity contribution >= 4 is 10.9 Å². The molecule has 2 heterocycles. The number of hydrogen-bond acceptors (Lipinski definition) is 2. The van der Waals surface area contributed by atoms with Crippen molar-refractivity contribution in [3.8, 4) is 0 Å². The van der Waals surface area contributed by atoms with Crippen LogP contribution < -0.4 is 5.73 Å². The van der Waals surface area contributed by atoms with Gasteiger partial charge in [0.2, 0.25) is 0 Å². The molecule has 2 aromatic rings. The average Bonchev–Trinajstić information content (AvgIpc) is 3.00. The number of para-hydroxylation sites is 1. The summed E-state index contributed by atoms with van der Waals surface area (Å²) >= 11 is 0. The van der Waals surface area contributed by atoms with E-state index in [1.165, 1.54) is 35.1 Å². The summed E-state index contributed by atoms with van der Waals surface area (Å²) < 4.78 is 2.35. The number of nitrogens with zero attached hydrogens (tertiary/aromatic N) is 2. The number of likely N-dealkylation sites (tertiary alicyclic amines) is 1. The zero-order chi connectivity index (χ0) is 14.3. The molecule has 0 bridgehead atoms. The Morgan fingerprint density at radius 2 is 2.10 bits per heavy atom. The van der Waals surface area contributed by atoms with E-state index in [2.05, 4.69) is 54.6 Å². The lowest BCUT2D eigenvalue weighted by Crippen LogP contribution is -2.30. The lowest BCUT2D eigenvalue weighted by atomic mass is 10.0. The van der Waals surface area contributed by atoms with Gasteiger partial charge >= 0.3 is 0 Å². The van der Waals surface area contributed by atoms with Gasteiger partial charge in [-0.3, -0.25) is 4.90 Å². The number of benzene rings is 1. The van der Waals surface area contributed by atoms with Crippen molar-refractivity contribution in [2.75, 3.05) is 13.1 Å². The van der Waals surface area contributed by atoms with Crippen molar-refractivity contribution < 1.29 is 0 Å². The fraction of sp³-hybridized carbons (Fsp3) is 0.529. The number of aromatic nitrogens is 1. The van der Waals surface area contributed by atoms with Crippen molar-refractivity contribution in [3.63, 3.8) is 0 Å². The minimum Gasteiger partial charge on any atom is -0.346 e. The first kappa shape index (κ1) is 13.7. The van der Waals surface area contributed by atoms with Crippen LogP contribution in [-0.4, -0.2) is 28.6 Å². The third-order valence-corrected chi connectivity index (χ3v) is 4.93. The number of aryl methyl sites for hydroxylation is 2. The molecule has 3 heteroatoms. The van der Waals surface area contributed by atoms with Gasteiger partial charge in [0.05, 0.1) is 0 Å². The fourth-order valence-electron chi connectivity index (χ4n) is 3.51. The van der Waals surface area contributed by atoms with Crippen molar-refractivity contribution in [3.05, 3.63) is 35.5 Å². The van der Waals surface area contributed by atoms with Crippen LogP contribution in [0.1, 0.15) is 24.6 Å². The molecule has 1 fully saturated rings. The van der Waals surface area contributed by atoms with Gasteiger partial charge in [-0.15, -0.1) is 0 Å². The number of hydrogen-bond donors (Lipinski definition) is 1. The summed E-state index contributed by atoms with van der Waals surface area (Å²) in [5, 5.41) is 1.38. The molecule has 0 radical (unpaired) electrons. The predicted molar refractivity (Wildman–Crippen MR) is 84.7 cm³/mol. The molecule has 0 saturated carbocycles. The van der Waals surface area contributed by atoms with Gasteiger partial charge in [-0.2, -0.15) is 0 Å². The maximum atomic E-state index is 6.04. The van der Waals surface area contributed by atoms with Crippen molar-refractivity contribution in [2.24, 2.45) is 18.7 Å². The van der Waals surface area contributed by atoms with Crippen molar-refractivity contribution in [2.45, 2.75) is 32.9 Å². The molecule has 108 valence electrons. The van der Waals surface area contributed by atoms with Crippen LogP contribution in [0.4, 0.5) is 0 Å². The fourth-order valence-corrected chi connectivity index (χ4v) is 3.51. The van der Waals surface area contributed by atoms with Crippen molar-refractivity contribution in [1.82, 2.24) is 9.47 Å². The second-order valence-electron chi connectivity index (χ2n) is 6.29. The van der Waals surface area contributed by atoms with Crippen LogP contribution in [-0.2, 0) is 13.6 Å². The molecular weight excluding hydrogens is 246 g/mol. The Bertz CT molecular complexity index is 573. The largest absolute Gasteiger partial charge is 0.346 e. The van der Waals surface area contributed by atoms with E-state index in [0.717, 1.165) is 13.1 Å². The second kappa shape index (κ2) is 5.23. The molecule has 1 aliphatic heterocycles. The van der Waals surface area contributed by atoms with Gasteiger partial charge in [-0.05, 0) is 44.4 Å². The van der Waals surface area contributed by atoms with E-state index >= 15 is 0 Å². The van der Waals surface area contributed by atoms with Crippen molar-refractivity contribution in [1.29, 1.82) is 0 Å². The van der Waals surface area contributed by atoms with Crippen LogP contribution in [0.5, 0.6) is 0 Å². The van der Waals surface area contributed by atoms with Gasteiger partial charge in [-0.25, -0.2) is 0 Å². The minimum atomic E-state index is 0.314. The Balaban J connectivity index is 1.85. The summed E-state index contributed by atoms with van der Waals surface area (Å²) in [6.07, 6.45) is 1.24. The number of rotatable bonds is 3. The zero-order valence-electron chi connectivity index (χ0n) is 12.8. The molecule has 0 aliphatic carbocycles. The molecule has 2 N–H and O–H groups in total. The maximum absolute atomic E-state index is 6.04. The molecule has 1 aromatic heterocycles. The summed E-state index contributed by atoms with van der Waals surface area (Å²) in [4.78, 5) is 2.55. The van der Waals surface area contributed by atoms with E-state index in [1.54, 1.807) is 0 Å². The van der Waals surface area contributed by atoms with E-state index in [1.807, 2.05) is 0 Å². The summed E-state index contributed by atoms with van der Waals surface area (Å²) in [6.45, 7) is 7.74. The summed E-state index contributed by atoms with van der Waals surface area (Å²) in [6, 6.07) is 8.99. The Morgan fingerprint density at radius 1 is 1.35 bits per heavy atom. The van der Waals surface area contributed by atoms with E-state index in [4.69, 9.17) is 5.73 Å². The molecule has 20 heavy (non-hydrogen) atoms. The SMILES string of the molecule is Cc1c(CN2CCC(C(C)N)C2)n(C)c2ccccc12. The van der Waals surface area contributed by atoms with Gasteiger partial charge in [0.25, 0.3) is 0 Å². The minimum absolute atomic E-state index is 0.314. The monoisotopic (exact) mass is 271 g/mol. The molecule has 2 atom stereocenters. The first-order valence-corrected chi connectivity index (χ1v) is 7.58. The first-order valence-electron chi connectivity index (χ1n) is 7.58. The summed E-state index contributed by atoms with van der Waals surface area (Å²) in [5.41, 5.74) is 10.2. The first-order chi connectivity index (χ1) is 9.58. The van der Waals surface area contributed by atoms with Crippen LogP contribution in [0.3, 0.4) is 0 Å². The van der Waals surface area contributed by atoms with Gasteiger partial charge in [0, 0.05) is 42.8 Å². The highest BCUT2D eigenvalue weighted by Crippen LogP contribution is 2.27. The lowest BCUT2D eigenvalue weighted by molar-refractivity contribution is 0.302. The van der Waals surface area contributed by atoms with Crippen LogP contribution in [0, 0.1) is 12.8 Å². The maximum Gasteiger partial charge on any atom is 0.0483 e. The van der Waals surface area contributed by atoms with Gasteiger partial charge < -0.3 is 10.3 Å². The zero-order valence-corrected chi connectivity index (χ0v) is 12.8. The quantitative estimate of drug-likeness (QED) is 0.931. The number of fused-ring (bicyclic) bond motifs is 1. The van der Waals surface area contributed by atoms with E-state index < -0.39 is 0 Å². The van der Waals surface area contributed by atoms with Crippen LogP contribution >= 0.6 is 0 Å². The highest BCUT2D eigenvalue weighted by molar-refractivity contribution is 5.85. The molecule has 2 unspecified atom stereocenters. The van der Waals surface area contributed by atoms with E-state index in [0.29, 0.717) is 12.0 Å². The smallest absolute Gasteiger partial charge is 0.0483 e. The molecule has 1 aliphatic rings. The average molecular weight is 271 g/mol. The molecule has 3 nitrogen and oxygen atoms in total. The molecular formula is C17H25N3. The third kappa shape index (κ3) is 2.25. The highest BCUT2D eigenvalue weighted by Gasteiger charge is 2.26. The van der Waals surface area contributed by atoms with Gasteiger partial charge in [-0.1, -0.05) is 18.2 Å². The molecule has 1 saturated heterocycles. The summed E-state index contributed by atoms with van der Waals surface area (Å²) in [7, 11) is 2.18. The standard InChI is InChI=1S/C17H25N3/c1-12-15-6-4-5-7-16(15)19(3)17(12)11-20-9-8-14(10-20)13(2)18/h4-7,13-14H,8-11,18H2,1-3H3. The molecule has 3 rings (SSSR count). The predicted octanol–water partition coefficient (Wildman–Crippen LogP) is 2.66. The van der Waals surface area contributed by atoms with Crippen LogP contribution in [0.15, 0.2) is 24.3 Å². The Labute approximate surface area is 121 Å². The second-order valence-corrected chi connectivity index (χ2v) is 6.29. The van der Waals surface area contributed by atoms with E-state index in [-0.39, 0.29) is 0 Å². The third-order valence-electron chi connectivity index (χ3n) is 4.93. The normalized spacial score (nSPS) is 21.7. The van der Waals surface area contributed by atoms with Crippen LogP contribution in [0.2, 0.25) is 0 Å². The van der Waals surface area contributed by atoms with Gasteiger partial charge in [0.1, 0.15) is 0 Å². The molecule has 1 aromatic carbocycles. The highest BCUT2D eigenvalue weighted by atomic mass is 15.2. The Hall–Kier alpha value is -1.32. The number of nitrogens with two attached hydrogens (primary N) is 1. The molecule has 0 amide bonds. The van der Waals surface area contributed by atoms with E-state index in [9.17, 15) is 0 Å². The van der Waals surface area contributed by atoms with Crippen LogP contribution in [0.25, 0.3) is 10.9 Å². The molecule has 0 spiro atoms. The Kier molecular flexibility index (Phi) is 3.57. The topological polar surface area (TPSA) is 34.2 Å². The Morgan fingerprint density at radius 3 is 2.75 bits per heavy atom.